The number of hydrogen-bond acceptors (Lipinski definition) is 7. The van der Waals surface area contributed by atoms with Gasteiger partial charge in [-0.15, -0.1) is 0 Å². The third kappa shape index (κ3) is 7.67. The van der Waals surface area contributed by atoms with Gasteiger partial charge in [0.05, 0.1) is 7.11 Å². The van der Waals surface area contributed by atoms with Crippen molar-refractivity contribution in [2.24, 2.45) is 0 Å². The first kappa shape index (κ1) is 24.9. The Hall–Kier alpha value is -4.73. The zero-order chi connectivity index (χ0) is 25.0. The summed E-state index contributed by atoms with van der Waals surface area (Å²) in [5.74, 6) is -0.196. The van der Waals surface area contributed by atoms with E-state index in [-0.39, 0.29) is 31.1 Å². The summed E-state index contributed by atoms with van der Waals surface area (Å²) >= 11 is 0. The van der Waals surface area contributed by atoms with Crippen molar-refractivity contribution in [2.75, 3.05) is 19.0 Å². The standard InChI is InChI=1S/C25H25N5O5/c1-3-11-35-25(33)30-19-9-7-17(8-10-19)14-26-23(31)21-13-22(29-16-28-21)24(32)27-15-18-5-4-6-20(12-18)34-2/h3-10,12-13,16H,1,11,14-15H2,2H3,(H,26,31)(H,27,32)(H,30,33). The average Bonchev–Trinajstić information content (AvgIpc) is 2.90. The number of amides is 3. The van der Waals surface area contributed by atoms with E-state index in [9.17, 15) is 14.4 Å². The van der Waals surface area contributed by atoms with Gasteiger partial charge in [-0.25, -0.2) is 14.8 Å². The van der Waals surface area contributed by atoms with E-state index < -0.39 is 17.9 Å². The molecule has 3 N–H and O–H groups in total. The Bertz CT molecular complexity index is 1200. The van der Waals surface area contributed by atoms with Gasteiger partial charge in [-0.2, -0.15) is 0 Å². The molecule has 35 heavy (non-hydrogen) atoms. The lowest BCUT2D eigenvalue weighted by atomic mass is 10.2. The Morgan fingerprint density at radius 1 is 0.914 bits per heavy atom. The van der Waals surface area contributed by atoms with Crippen LogP contribution in [0.4, 0.5) is 10.5 Å². The quantitative estimate of drug-likeness (QED) is 0.384. The number of aromatic nitrogens is 2. The van der Waals surface area contributed by atoms with Crippen LogP contribution in [-0.4, -0.2) is 41.6 Å². The maximum atomic E-state index is 12.5. The van der Waals surface area contributed by atoms with Gasteiger partial charge >= 0.3 is 6.09 Å². The zero-order valence-electron chi connectivity index (χ0n) is 19.1. The molecule has 10 heteroatoms. The molecule has 10 nitrogen and oxygen atoms in total. The van der Waals surface area contributed by atoms with Gasteiger partial charge in [-0.1, -0.05) is 36.9 Å². The average molecular weight is 476 g/mol. The third-order valence-corrected chi connectivity index (χ3v) is 4.71. The van der Waals surface area contributed by atoms with Gasteiger partial charge in [-0.05, 0) is 35.4 Å². The fourth-order valence-electron chi connectivity index (χ4n) is 2.93. The predicted molar refractivity (Wildman–Crippen MR) is 129 cm³/mol. The minimum atomic E-state index is -0.585. The number of carbonyl (C=O) groups is 3. The Morgan fingerprint density at radius 3 is 2.20 bits per heavy atom. The zero-order valence-corrected chi connectivity index (χ0v) is 19.1. The fourth-order valence-corrected chi connectivity index (χ4v) is 2.93. The molecule has 0 fully saturated rings. The van der Waals surface area contributed by atoms with Crippen LogP contribution in [0.3, 0.4) is 0 Å². The van der Waals surface area contributed by atoms with Crippen LogP contribution < -0.4 is 20.7 Å². The highest BCUT2D eigenvalue weighted by Crippen LogP contribution is 2.13. The van der Waals surface area contributed by atoms with Crippen LogP contribution in [0.1, 0.15) is 32.1 Å². The number of benzene rings is 2. The van der Waals surface area contributed by atoms with Crippen LogP contribution in [0.25, 0.3) is 0 Å². The SMILES string of the molecule is C=CCOC(=O)Nc1ccc(CNC(=O)c2cc(C(=O)NCc3cccc(OC)c3)ncn2)cc1. The van der Waals surface area contributed by atoms with Crippen LogP contribution in [0.15, 0.2) is 73.6 Å². The summed E-state index contributed by atoms with van der Waals surface area (Å²) in [6, 6.07) is 15.5. The van der Waals surface area contributed by atoms with Crippen LogP contribution in [-0.2, 0) is 17.8 Å². The first-order valence-corrected chi connectivity index (χ1v) is 10.6. The summed E-state index contributed by atoms with van der Waals surface area (Å²) in [6.07, 6.45) is 2.06. The second-order valence-corrected chi connectivity index (χ2v) is 7.21. The molecular weight excluding hydrogens is 450 g/mol. The molecule has 3 rings (SSSR count). The number of methoxy groups -OCH3 is 1. The van der Waals surface area contributed by atoms with Gasteiger partial charge in [-0.3, -0.25) is 14.9 Å². The van der Waals surface area contributed by atoms with Gasteiger partial charge in [0, 0.05) is 24.8 Å². The topological polar surface area (TPSA) is 132 Å². The van der Waals surface area contributed by atoms with E-state index in [0.29, 0.717) is 11.4 Å². The number of ether oxygens (including phenoxy) is 2. The molecule has 0 aliphatic carbocycles. The molecule has 0 unspecified atom stereocenters. The molecule has 0 atom stereocenters. The molecule has 0 saturated heterocycles. The van der Waals surface area contributed by atoms with E-state index in [1.807, 2.05) is 24.3 Å². The highest BCUT2D eigenvalue weighted by atomic mass is 16.5. The van der Waals surface area contributed by atoms with Gasteiger partial charge in [0.2, 0.25) is 0 Å². The van der Waals surface area contributed by atoms with Crippen molar-refractivity contribution in [1.29, 1.82) is 0 Å². The van der Waals surface area contributed by atoms with Gasteiger partial charge in [0.15, 0.2) is 0 Å². The lowest BCUT2D eigenvalue weighted by Crippen LogP contribution is -2.27. The summed E-state index contributed by atoms with van der Waals surface area (Å²) < 4.78 is 10.0. The van der Waals surface area contributed by atoms with E-state index in [2.05, 4.69) is 32.5 Å². The summed E-state index contributed by atoms with van der Waals surface area (Å²) in [5, 5.41) is 8.08. The van der Waals surface area contributed by atoms with Crippen LogP contribution in [0, 0.1) is 0 Å². The van der Waals surface area contributed by atoms with E-state index in [0.717, 1.165) is 11.1 Å². The third-order valence-electron chi connectivity index (χ3n) is 4.71. The highest BCUT2D eigenvalue weighted by molar-refractivity contribution is 5.97. The summed E-state index contributed by atoms with van der Waals surface area (Å²) in [7, 11) is 1.57. The van der Waals surface area contributed by atoms with Crippen LogP contribution >= 0.6 is 0 Å². The van der Waals surface area contributed by atoms with Gasteiger partial charge in [0.25, 0.3) is 11.8 Å². The highest BCUT2D eigenvalue weighted by Gasteiger charge is 2.13. The molecule has 1 heterocycles. The van der Waals surface area contributed by atoms with Crippen LogP contribution in [0.5, 0.6) is 5.75 Å². The van der Waals surface area contributed by atoms with E-state index in [1.54, 1.807) is 31.4 Å². The first-order chi connectivity index (χ1) is 17.0. The summed E-state index contributed by atoms with van der Waals surface area (Å²) in [4.78, 5) is 44.5. The molecule has 0 aliphatic heterocycles. The normalized spacial score (nSPS) is 10.1. The monoisotopic (exact) mass is 475 g/mol. The molecule has 3 aromatic rings. The van der Waals surface area contributed by atoms with Gasteiger partial charge in [0.1, 0.15) is 30.1 Å². The summed E-state index contributed by atoms with van der Waals surface area (Å²) in [5.41, 5.74) is 2.35. The van der Waals surface area contributed by atoms with Crippen molar-refractivity contribution in [3.8, 4) is 5.75 Å². The van der Waals surface area contributed by atoms with Crippen molar-refractivity contribution < 1.29 is 23.9 Å². The predicted octanol–water partition coefficient (Wildman–Crippen LogP) is 3.08. The smallest absolute Gasteiger partial charge is 0.411 e. The Kier molecular flexibility index (Phi) is 8.89. The Labute approximate surface area is 202 Å². The second kappa shape index (κ2) is 12.5. The van der Waals surface area contributed by atoms with Gasteiger partial charge < -0.3 is 20.1 Å². The number of rotatable bonds is 10. The number of nitrogens with one attached hydrogen (secondary N) is 3. The van der Waals surface area contributed by atoms with Crippen molar-refractivity contribution in [2.45, 2.75) is 13.1 Å². The molecular formula is C25H25N5O5. The van der Waals surface area contributed by atoms with Crippen molar-refractivity contribution >= 4 is 23.6 Å². The number of carbonyl (C=O) groups excluding carboxylic acids is 3. The molecule has 0 saturated carbocycles. The maximum absolute atomic E-state index is 12.5. The molecule has 3 amide bonds. The number of nitrogens with zero attached hydrogens (tertiary/aromatic N) is 2. The molecule has 1 aromatic heterocycles. The molecule has 2 aromatic carbocycles. The van der Waals surface area contributed by atoms with Crippen LogP contribution in [0.2, 0.25) is 0 Å². The minimum Gasteiger partial charge on any atom is -0.497 e. The second-order valence-electron chi connectivity index (χ2n) is 7.21. The lowest BCUT2D eigenvalue weighted by Gasteiger charge is -2.09. The fraction of sp³-hybridized carbons (Fsp3) is 0.160. The van der Waals surface area contributed by atoms with Crippen molar-refractivity contribution in [3.05, 3.63) is 96.1 Å². The van der Waals surface area contributed by atoms with Crippen molar-refractivity contribution in [3.63, 3.8) is 0 Å². The molecule has 0 bridgehead atoms. The maximum Gasteiger partial charge on any atom is 0.411 e. The number of anilines is 1. The molecule has 0 radical (unpaired) electrons. The van der Waals surface area contributed by atoms with Crippen molar-refractivity contribution in [1.82, 2.24) is 20.6 Å². The number of hydrogen-bond donors (Lipinski definition) is 3. The van der Waals surface area contributed by atoms with E-state index in [1.165, 1.54) is 18.5 Å². The van der Waals surface area contributed by atoms with E-state index in [4.69, 9.17) is 9.47 Å². The summed E-state index contributed by atoms with van der Waals surface area (Å²) in [6.45, 7) is 4.09. The molecule has 0 spiro atoms. The molecule has 180 valence electrons. The Balaban J connectivity index is 1.52. The minimum absolute atomic E-state index is 0.0646. The largest absolute Gasteiger partial charge is 0.497 e. The lowest BCUT2D eigenvalue weighted by molar-refractivity contribution is 0.0944. The first-order valence-electron chi connectivity index (χ1n) is 10.6. The Morgan fingerprint density at radius 2 is 1.57 bits per heavy atom. The molecule has 0 aliphatic rings. The van der Waals surface area contributed by atoms with E-state index >= 15 is 0 Å².